The predicted octanol–water partition coefficient (Wildman–Crippen LogP) is 4.85. The molecule has 0 saturated carbocycles. The first-order chi connectivity index (χ1) is 15.3. The first-order valence-electron chi connectivity index (χ1n) is 10.3. The van der Waals surface area contributed by atoms with Gasteiger partial charge in [0.15, 0.2) is 11.5 Å². The van der Waals surface area contributed by atoms with Crippen molar-refractivity contribution in [1.29, 1.82) is 0 Å². The van der Waals surface area contributed by atoms with E-state index < -0.39 is 0 Å². The molecule has 1 amide bonds. The molecule has 0 N–H and O–H groups in total. The summed E-state index contributed by atoms with van der Waals surface area (Å²) in [7, 11) is 0. The summed E-state index contributed by atoms with van der Waals surface area (Å²) in [5, 5.41) is 1.86. The molecule has 2 heterocycles. The SMILES string of the molecule is O=C(c1nccc2ccccc12)N(Cc1ccccc1)Cc1ccc2c(c1)OCCO2. The van der Waals surface area contributed by atoms with E-state index in [9.17, 15) is 4.79 Å². The largest absolute Gasteiger partial charge is 0.486 e. The molecule has 3 aromatic carbocycles. The van der Waals surface area contributed by atoms with Crippen molar-refractivity contribution in [2.24, 2.45) is 0 Å². The van der Waals surface area contributed by atoms with Gasteiger partial charge in [-0.05, 0) is 34.7 Å². The molecule has 5 nitrogen and oxygen atoms in total. The molecule has 1 aliphatic rings. The van der Waals surface area contributed by atoms with E-state index in [1.54, 1.807) is 6.20 Å². The Morgan fingerprint density at radius 1 is 0.806 bits per heavy atom. The highest BCUT2D eigenvalue weighted by Gasteiger charge is 2.21. The van der Waals surface area contributed by atoms with Crippen LogP contribution in [0.4, 0.5) is 0 Å². The third kappa shape index (κ3) is 4.08. The standard InChI is InChI=1S/C26H22N2O3/c29-26(25-22-9-5-4-8-21(22)12-13-27-25)28(17-19-6-2-1-3-7-19)18-20-10-11-23-24(16-20)31-15-14-30-23/h1-13,16H,14-15,17-18H2. The first kappa shape index (κ1) is 19.1. The van der Waals surface area contributed by atoms with Crippen LogP contribution < -0.4 is 9.47 Å². The lowest BCUT2D eigenvalue weighted by Crippen LogP contribution is -2.31. The second kappa shape index (κ2) is 8.48. The van der Waals surface area contributed by atoms with Crippen LogP contribution in [-0.2, 0) is 13.1 Å². The highest BCUT2D eigenvalue weighted by molar-refractivity contribution is 6.05. The lowest BCUT2D eigenvalue weighted by molar-refractivity contribution is 0.0726. The number of nitrogens with zero attached hydrogens (tertiary/aromatic N) is 2. The summed E-state index contributed by atoms with van der Waals surface area (Å²) in [6, 6.07) is 25.6. The fraction of sp³-hybridized carbons (Fsp3) is 0.154. The molecule has 154 valence electrons. The summed E-state index contributed by atoms with van der Waals surface area (Å²) in [5.41, 5.74) is 2.51. The van der Waals surface area contributed by atoms with Crippen LogP contribution >= 0.6 is 0 Å². The Morgan fingerprint density at radius 3 is 2.42 bits per heavy atom. The quantitative estimate of drug-likeness (QED) is 0.472. The van der Waals surface area contributed by atoms with Crippen LogP contribution in [0.25, 0.3) is 10.8 Å². The van der Waals surface area contributed by atoms with E-state index in [1.807, 2.05) is 83.8 Å². The normalized spacial score (nSPS) is 12.5. The fourth-order valence-electron chi connectivity index (χ4n) is 3.85. The van der Waals surface area contributed by atoms with Crippen LogP contribution in [0.1, 0.15) is 21.6 Å². The maximum Gasteiger partial charge on any atom is 0.273 e. The van der Waals surface area contributed by atoms with Crippen molar-refractivity contribution in [3.05, 3.63) is 102 Å². The monoisotopic (exact) mass is 410 g/mol. The Balaban J connectivity index is 1.50. The molecule has 5 rings (SSSR count). The molecule has 0 unspecified atom stereocenters. The van der Waals surface area contributed by atoms with Crippen molar-refractivity contribution < 1.29 is 14.3 Å². The van der Waals surface area contributed by atoms with E-state index in [4.69, 9.17) is 9.47 Å². The summed E-state index contributed by atoms with van der Waals surface area (Å²) in [5.74, 6) is 1.36. The van der Waals surface area contributed by atoms with E-state index >= 15 is 0 Å². The van der Waals surface area contributed by atoms with Crippen molar-refractivity contribution in [2.45, 2.75) is 13.1 Å². The Morgan fingerprint density at radius 2 is 1.55 bits per heavy atom. The lowest BCUT2D eigenvalue weighted by atomic mass is 10.1. The zero-order chi connectivity index (χ0) is 21.0. The summed E-state index contributed by atoms with van der Waals surface area (Å²) in [4.78, 5) is 19.9. The van der Waals surface area contributed by atoms with Crippen molar-refractivity contribution in [1.82, 2.24) is 9.88 Å². The van der Waals surface area contributed by atoms with Gasteiger partial charge >= 0.3 is 0 Å². The number of benzene rings is 3. The molecule has 31 heavy (non-hydrogen) atoms. The summed E-state index contributed by atoms with van der Waals surface area (Å²) < 4.78 is 11.4. The van der Waals surface area contributed by atoms with Crippen LogP contribution in [0.15, 0.2) is 85.1 Å². The molecule has 0 aliphatic carbocycles. The second-order valence-electron chi connectivity index (χ2n) is 7.51. The molecule has 4 aromatic rings. The minimum atomic E-state index is -0.101. The third-order valence-electron chi connectivity index (χ3n) is 5.36. The number of hydrogen-bond acceptors (Lipinski definition) is 4. The van der Waals surface area contributed by atoms with Gasteiger partial charge in [0, 0.05) is 24.7 Å². The van der Waals surface area contributed by atoms with E-state index in [2.05, 4.69) is 4.98 Å². The Kier molecular flexibility index (Phi) is 5.23. The van der Waals surface area contributed by atoms with Crippen LogP contribution in [0.2, 0.25) is 0 Å². The molecule has 1 aliphatic heterocycles. The predicted molar refractivity (Wildman–Crippen MR) is 119 cm³/mol. The lowest BCUT2D eigenvalue weighted by Gasteiger charge is -2.25. The van der Waals surface area contributed by atoms with Crippen molar-refractivity contribution in [2.75, 3.05) is 13.2 Å². The molecule has 0 spiro atoms. The van der Waals surface area contributed by atoms with E-state index in [1.165, 1.54) is 0 Å². The molecule has 0 bridgehead atoms. The van der Waals surface area contributed by atoms with Gasteiger partial charge in [-0.15, -0.1) is 0 Å². The number of ether oxygens (including phenoxy) is 2. The molecular weight excluding hydrogens is 388 g/mol. The number of amides is 1. The maximum atomic E-state index is 13.7. The van der Waals surface area contributed by atoms with Crippen molar-refractivity contribution in [3.63, 3.8) is 0 Å². The number of pyridine rings is 1. The molecule has 0 saturated heterocycles. The van der Waals surface area contributed by atoms with Crippen LogP contribution in [-0.4, -0.2) is 29.0 Å². The average Bonchev–Trinajstić information content (AvgIpc) is 2.83. The third-order valence-corrected chi connectivity index (χ3v) is 5.36. The van der Waals surface area contributed by atoms with Gasteiger partial charge in [-0.1, -0.05) is 60.7 Å². The number of aromatic nitrogens is 1. The Labute approximate surface area is 180 Å². The number of hydrogen-bond donors (Lipinski definition) is 0. The molecule has 0 atom stereocenters. The second-order valence-corrected chi connectivity index (χ2v) is 7.51. The number of carbonyl (C=O) groups excluding carboxylic acids is 1. The van der Waals surface area contributed by atoms with Gasteiger partial charge in [0.25, 0.3) is 5.91 Å². The average molecular weight is 410 g/mol. The summed E-state index contributed by atoms with van der Waals surface area (Å²) in [6.45, 7) is 2.01. The van der Waals surface area contributed by atoms with Gasteiger partial charge in [-0.25, -0.2) is 0 Å². The maximum absolute atomic E-state index is 13.7. The molecule has 1 aromatic heterocycles. The molecule has 0 radical (unpaired) electrons. The summed E-state index contributed by atoms with van der Waals surface area (Å²) >= 11 is 0. The topological polar surface area (TPSA) is 51.7 Å². The van der Waals surface area contributed by atoms with Gasteiger partial charge in [0.05, 0.1) is 0 Å². The van der Waals surface area contributed by atoms with Gasteiger partial charge in [-0.3, -0.25) is 9.78 Å². The van der Waals surface area contributed by atoms with Gasteiger partial charge in [0.1, 0.15) is 18.9 Å². The number of rotatable bonds is 5. The van der Waals surface area contributed by atoms with E-state index in [0.29, 0.717) is 32.0 Å². The minimum absolute atomic E-state index is 0.101. The zero-order valence-corrected chi connectivity index (χ0v) is 17.0. The van der Waals surface area contributed by atoms with Crippen LogP contribution in [0, 0.1) is 0 Å². The Bertz CT molecular complexity index is 1220. The fourth-order valence-corrected chi connectivity index (χ4v) is 3.85. The highest BCUT2D eigenvalue weighted by atomic mass is 16.6. The van der Waals surface area contributed by atoms with Crippen LogP contribution in [0.5, 0.6) is 11.5 Å². The van der Waals surface area contributed by atoms with Crippen LogP contribution in [0.3, 0.4) is 0 Å². The van der Waals surface area contributed by atoms with E-state index in [0.717, 1.165) is 33.4 Å². The smallest absolute Gasteiger partial charge is 0.273 e. The van der Waals surface area contributed by atoms with Crippen molar-refractivity contribution in [3.8, 4) is 11.5 Å². The molecule has 0 fully saturated rings. The number of carbonyl (C=O) groups is 1. The molecule has 5 heteroatoms. The Hall–Kier alpha value is -3.86. The van der Waals surface area contributed by atoms with Crippen molar-refractivity contribution >= 4 is 16.7 Å². The zero-order valence-electron chi connectivity index (χ0n) is 17.0. The molecular formula is C26H22N2O3. The first-order valence-corrected chi connectivity index (χ1v) is 10.3. The minimum Gasteiger partial charge on any atom is -0.486 e. The number of fused-ring (bicyclic) bond motifs is 2. The highest BCUT2D eigenvalue weighted by Crippen LogP contribution is 2.31. The van der Waals surface area contributed by atoms with Gasteiger partial charge < -0.3 is 14.4 Å². The summed E-state index contributed by atoms with van der Waals surface area (Å²) in [6.07, 6.45) is 1.69. The van der Waals surface area contributed by atoms with Gasteiger partial charge in [-0.2, -0.15) is 0 Å². The van der Waals surface area contributed by atoms with E-state index in [-0.39, 0.29) is 5.91 Å². The van der Waals surface area contributed by atoms with Gasteiger partial charge in [0.2, 0.25) is 0 Å².